The summed E-state index contributed by atoms with van der Waals surface area (Å²) in [4.78, 5) is 2.09. The Bertz CT molecular complexity index is 193. The van der Waals surface area contributed by atoms with Crippen molar-refractivity contribution in [1.29, 1.82) is 0 Å². The molecule has 16 heavy (non-hydrogen) atoms. The van der Waals surface area contributed by atoms with Crippen molar-refractivity contribution >= 4 is 0 Å². The van der Waals surface area contributed by atoms with Gasteiger partial charge in [-0.1, -0.05) is 6.92 Å². The van der Waals surface area contributed by atoms with Gasteiger partial charge in [-0.2, -0.15) is 0 Å². The predicted molar refractivity (Wildman–Crippen MR) is 62.5 cm³/mol. The van der Waals surface area contributed by atoms with Gasteiger partial charge in [-0.3, -0.25) is 4.90 Å². The van der Waals surface area contributed by atoms with Gasteiger partial charge < -0.3 is 9.47 Å². The number of alkyl halides is 1. The van der Waals surface area contributed by atoms with Crippen molar-refractivity contribution in [3.63, 3.8) is 0 Å². The maximum atomic E-state index is 13.5. The zero-order valence-electron chi connectivity index (χ0n) is 10.7. The van der Waals surface area contributed by atoms with E-state index in [1.165, 1.54) is 0 Å². The Labute approximate surface area is 97.9 Å². The Morgan fingerprint density at radius 1 is 1.25 bits per heavy atom. The molecule has 0 radical (unpaired) electrons. The lowest BCUT2D eigenvalue weighted by Crippen LogP contribution is -2.59. The second-order valence-electron chi connectivity index (χ2n) is 4.75. The third kappa shape index (κ3) is 4.76. The third-order valence-corrected chi connectivity index (χ3v) is 2.88. The van der Waals surface area contributed by atoms with Crippen LogP contribution in [0.5, 0.6) is 0 Å². The zero-order chi connectivity index (χ0) is 12.0. The second kappa shape index (κ2) is 6.52. The van der Waals surface area contributed by atoms with E-state index < -0.39 is 5.67 Å². The maximum absolute atomic E-state index is 13.5. The van der Waals surface area contributed by atoms with Crippen LogP contribution in [0.1, 0.15) is 27.2 Å². The van der Waals surface area contributed by atoms with E-state index in [-0.39, 0.29) is 6.10 Å². The summed E-state index contributed by atoms with van der Waals surface area (Å²) < 4.78 is 24.2. The van der Waals surface area contributed by atoms with E-state index in [2.05, 4.69) is 4.90 Å². The van der Waals surface area contributed by atoms with Crippen LogP contribution in [-0.4, -0.2) is 56.1 Å². The molecule has 1 fully saturated rings. The highest BCUT2D eigenvalue weighted by Crippen LogP contribution is 2.27. The minimum absolute atomic E-state index is 0.260. The van der Waals surface area contributed by atoms with E-state index in [1.54, 1.807) is 0 Å². The molecule has 1 saturated heterocycles. The first-order valence-corrected chi connectivity index (χ1v) is 6.16. The van der Waals surface area contributed by atoms with E-state index >= 15 is 0 Å². The van der Waals surface area contributed by atoms with Gasteiger partial charge in [0.1, 0.15) is 5.67 Å². The van der Waals surface area contributed by atoms with Gasteiger partial charge in [0.25, 0.3) is 0 Å². The third-order valence-electron chi connectivity index (χ3n) is 2.88. The molecular weight excluding hydrogens is 209 g/mol. The molecule has 0 aromatic rings. The van der Waals surface area contributed by atoms with Gasteiger partial charge in [-0.25, -0.2) is 4.39 Å². The smallest absolute Gasteiger partial charge is 0.136 e. The summed E-state index contributed by atoms with van der Waals surface area (Å²) in [5, 5.41) is 0. The Morgan fingerprint density at radius 2 is 1.94 bits per heavy atom. The summed E-state index contributed by atoms with van der Waals surface area (Å²) in [5.74, 6) is 0. The lowest BCUT2D eigenvalue weighted by atomic mass is 9.94. The molecule has 4 heteroatoms. The van der Waals surface area contributed by atoms with Crippen LogP contribution in [0.25, 0.3) is 0 Å². The highest BCUT2D eigenvalue weighted by atomic mass is 19.1. The number of ether oxygens (including phenoxy) is 2. The van der Waals surface area contributed by atoms with Crippen LogP contribution < -0.4 is 0 Å². The Kier molecular flexibility index (Phi) is 5.66. The number of rotatable bonds is 8. The summed E-state index contributed by atoms with van der Waals surface area (Å²) in [6.45, 7) is 9.80. The lowest BCUT2D eigenvalue weighted by molar-refractivity contribution is -0.0517. The maximum Gasteiger partial charge on any atom is 0.136 e. The molecule has 1 heterocycles. The lowest BCUT2D eigenvalue weighted by Gasteiger charge is -2.44. The van der Waals surface area contributed by atoms with E-state index in [9.17, 15) is 4.39 Å². The average Bonchev–Trinajstić information content (AvgIpc) is 2.19. The van der Waals surface area contributed by atoms with Crippen molar-refractivity contribution in [2.24, 2.45) is 0 Å². The SMILES string of the molecule is CCC1(F)CN(CCOCCOC(C)C)C1. The minimum atomic E-state index is -0.930. The van der Waals surface area contributed by atoms with Crippen molar-refractivity contribution in [3.05, 3.63) is 0 Å². The van der Waals surface area contributed by atoms with Crippen molar-refractivity contribution < 1.29 is 13.9 Å². The average molecular weight is 233 g/mol. The van der Waals surface area contributed by atoms with E-state index in [4.69, 9.17) is 9.47 Å². The topological polar surface area (TPSA) is 21.7 Å². The Hall–Kier alpha value is -0.190. The van der Waals surface area contributed by atoms with Gasteiger partial charge in [0.2, 0.25) is 0 Å². The van der Waals surface area contributed by atoms with Crippen molar-refractivity contribution in [2.45, 2.75) is 39.0 Å². The van der Waals surface area contributed by atoms with Crippen LogP contribution in [0.4, 0.5) is 4.39 Å². The number of nitrogens with zero attached hydrogens (tertiary/aromatic N) is 1. The molecule has 0 N–H and O–H groups in total. The molecule has 3 nitrogen and oxygen atoms in total. The first-order chi connectivity index (χ1) is 7.56. The normalized spacial score (nSPS) is 20.1. The molecule has 0 aromatic carbocycles. The molecule has 1 aliphatic heterocycles. The number of hydrogen-bond donors (Lipinski definition) is 0. The van der Waals surface area contributed by atoms with Crippen molar-refractivity contribution in [1.82, 2.24) is 4.90 Å². The van der Waals surface area contributed by atoms with Crippen LogP contribution >= 0.6 is 0 Å². The molecule has 0 aromatic heterocycles. The van der Waals surface area contributed by atoms with Crippen LogP contribution in [-0.2, 0) is 9.47 Å². The van der Waals surface area contributed by atoms with Gasteiger partial charge in [0.05, 0.1) is 25.9 Å². The second-order valence-corrected chi connectivity index (χ2v) is 4.75. The molecule has 96 valence electrons. The summed E-state index contributed by atoms with van der Waals surface area (Å²) >= 11 is 0. The van der Waals surface area contributed by atoms with Gasteiger partial charge in [-0.15, -0.1) is 0 Å². The highest BCUT2D eigenvalue weighted by molar-refractivity contribution is 4.94. The first-order valence-electron chi connectivity index (χ1n) is 6.16. The Balaban J connectivity index is 1.86. The summed E-state index contributed by atoms with van der Waals surface area (Å²) in [6.07, 6.45) is 0.878. The zero-order valence-corrected chi connectivity index (χ0v) is 10.7. The number of halogens is 1. The molecule has 0 aliphatic carbocycles. The van der Waals surface area contributed by atoms with E-state index in [0.717, 1.165) is 6.54 Å². The summed E-state index contributed by atoms with van der Waals surface area (Å²) in [5.41, 5.74) is -0.930. The van der Waals surface area contributed by atoms with Crippen LogP contribution in [0.3, 0.4) is 0 Å². The van der Waals surface area contributed by atoms with Gasteiger partial charge in [0, 0.05) is 19.6 Å². The van der Waals surface area contributed by atoms with Crippen LogP contribution in [0.2, 0.25) is 0 Å². The van der Waals surface area contributed by atoms with Gasteiger partial charge in [0.15, 0.2) is 0 Å². The first kappa shape index (κ1) is 13.9. The minimum Gasteiger partial charge on any atom is -0.378 e. The van der Waals surface area contributed by atoms with Gasteiger partial charge >= 0.3 is 0 Å². The molecule has 1 aliphatic rings. The van der Waals surface area contributed by atoms with E-state index in [1.807, 2.05) is 20.8 Å². The van der Waals surface area contributed by atoms with Gasteiger partial charge in [-0.05, 0) is 20.3 Å². The van der Waals surface area contributed by atoms with Crippen molar-refractivity contribution in [2.75, 3.05) is 39.5 Å². The Morgan fingerprint density at radius 3 is 2.50 bits per heavy atom. The molecular formula is C12H24FNO2. The number of likely N-dealkylation sites (tertiary alicyclic amines) is 1. The fourth-order valence-corrected chi connectivity index (χ4v) is 1.78. The predicted octanol–water partition coefficient (Wildman–Crippen LogP) is 1.86. The van der Waals surface area contributed by atoms with E-state index in [0.29, 0.717) is 39.3 Å². The fraction of sp³-hybridized carbons (Fsp3) is 1.00. The molecule has 0 atom stereocenters. The van der Waals surface area contributed by atoms with Crippen molar-refractivity contribution in [3.8, 4) is 0 Å². The molecule has 0 unspecified atom stereocenters. The highest BCUT2D eigenvalue weighted by Gasteiger charge is 2.41. The quantitative estimate of drug-likeness (QED) is 0.597. The standard InChI is InChI=1S/C12H24FNO2/c1-4-12(13)9-14(10-12)5-6-15-7-8-16-11(2)3/h11H,4-10H2,1-3H3. The molecule has 0 amide bonds. The molecule has 0 spiro atoms. The molecule has 0 saturated carbocycles. The summed E-state index contributed by atoms with van der Waals surface area (Å²) in [7, 11) is 0. The molecule has 1 rings (SSSR count). The summed E-state index contributed by atoms with van der Waals surface area (Å²) in [6, 6.07) is 0. The molecule has 0 bridgehead atoms. The monoisotopic (exact) mass is 233 g/mol. The largest absolute Gasteiger partial charge is 0.378 e. The number of hydrogen-bond acceptors (Lipinski definition) is 3. The van der Waals surface area contributed by atoms with Crippen LogP contribution in [0, 0.1) is 0 Å². The van der Waals surface area contributed by atoms with Crippen LogP contribution in [0.15, 0.2) is 0 Å². The fourth-order valence-electron chi connectivity index (χ4n) is 1.78.